The van der Waals surface area contributed by atoms with Gasteiger partial charge in [0.25, 0.3) is 5.91 Å². The number of anilines is 1. The lowest BCUT2D eigenvalue weighted by molar-refractivity contribution is 0.0939. The first-order chi connectivity index (χ1) is 8.08. The highest BCUT2D eigenvalue weighted by atomic mass is 35.5. The molecule has 1 fully saturated rings. The number of carbonyl (C=O) groups excluding carboxylic acids is 1. The summed E-state index contributed by atoms with van der Waals surface area (Å²) >= 11 is 11.7. The van der Waals surface area contributed by atoms with Crippen LogP contribution in [0, 0.1) is 5.92 Å². The van der Waals surface area contributed by atoms with Gasteiger partial charge in [-0.2, -0.15) is 0 Å². The molecule has 0 aromatic heterocycles. The summed E-state index contributed by atoms with van der Waals surface area (Å²) in [5, 5.41) is 3.50. The lowest BCUT2D eigenvalue weighted by Gasteiger charge is -2.25. The Balaban J connectivity index is 2.02. The van der Waals surface area contributed by atoms with Crippen LogP contribution in [-0.4, -0.2) is 12.5 Å². The van der Waals surface area contributed by atoms with E-state index in [1.807, 2.05) is 0 Å². The third-order valence-electron chi connectivity index (χ3n) is 3.12. The molecule has 0 spiro atoms. The van der Waals surface area contributed by atoms with Gasteiger partial charge in [0, 0.05) is 12.1 Å². The average molecular weight is 273 g/mol. The van der Waals surface area contributed by atoms with Crippen LogP contribution in [0.15, 0.2) is 12.1 Å². The molecule has 3 N–H and O–H groups in total. The van der Waals surface area contributed by atoms with Gasteiger partial charge in [0.15, 0.2) is 0 Å². The highest BCUT2D eigenvalue weighted by Gasteiger charge is 2.18. The third kappa shape index (κ3) is 2.85. The van der Waals surface area contributed by atoms with Crippen molar-refractivity contribution in [1.82, 2.24) is 5.32 Å². The number of rotatable bonds is 3. The topological polar surface area (TPSA) is 55.1 Å². The van der Waals surface area contributed by atoms with Gasteiger partial charge in [-0.05, 0) is 30.9 Å². The first-order valence-electron chi connectivity index (χ1n) is 5.60. The molecule has 17 heavy (non-hydrogen) atoms. The molecule has 1 saturated carbocycles. The molecule has 0 heterocycles. The molecule has 1 aliphatic rings. The molecule has 3 nitrogen and oxygen atoms in total. The Hall–Kier alpha value is -0.930. The van der Waals surface area contributed by atoms with E-state index >= 15 is 0 Å². The highest BCUT2D eigenvalue weighted by molar-refractivity contribution is 6.39. The third-order valence-corrected chi connectivity index (χ3v) is 3.74. The minimum atomic E-state index is -0.152. The normalized spacial score (nSPS) is 15.4. The van der Waals surface area contributed by atoms with E-state index in [0.717, 1.165) is 6.54 Å². The number of nitrogens with one attached hydrogen (secondary N) is 1. The van der Waals surface area contributed by atoms with Gasteiger partial charge < -0.3 is 11.1 Å². The number of nitrogens with two attached hydrogens (primary N) is 1. The van der Waals surface area contributed by atoms with E-state index in [-0.39, 0.29) is 5.91 Å². The Labute approximate surface area is 110 Å². The first-order valence-corrected chi connectivity index (χ1v) is 6.36. The summed E-state index contributed by atoms with van der Waals surface area (Å²) in [7, 11) is 0. The van der Waals surface area contributed by atoms with Crippen LogP contribution in [-0.2, 0) is 0 Å². The van der Waals surface area contributed by atoms with Gasteiger partial charge in [-0.25, -0.2) is 0 Å². The van der Waals surface area contributed by atoms with Crippen molar-refractivity contribution in [2.24, 2.45) is 5.92 Å². The predicted octanol–water partition coefficient (Wildman–Crippen LogP) is 3.11. The van der Waals surface area contributed by atoms with Crippen LogP contribution in [0.3, 0.4) is 0 Å². The van der Waals surface area contributed by atoms with Crippen LogP contribution in [0.25, 0.3) is 0 Å². The van der Waals surface area contributed by atoms with Gasteiger partial charge in [-0.1, -0.05) is 29.6 Å². The van der Waals surface area contributed by atoms with Crippen LogP contribution in [0.5, 0.6) is 0 Å². The van der Waals surface area contributed by atoms with Crippen molar-refractivity contribution in [2.75, 3.05) is 12.3 Å². The van der Waals surface area contributed by atoms with E-state index in [1.165, 1.54) is 19.3 Å². The summed E-state index contributed by atoms with van der Waals surface area (Å²) in [6, 6.07) is 3.08. The lowest BCUT2D eigenvalue weighted by Crippen LogP contribution is -2.32. The second-order valence-corrected chi connectivity index (χ2v) is 5.17. The Morgan fingerprint density at radius 2 is 1.94 bits per heavy atom. The SMILES string of the molecule is Nc1c(Cl)cc(C(=O)NCC2CCC2)cc1Cl. The van der Waals surface area contributed by atoms with Crippen LogP contribution in [0.1, 0.15) is 29.6 Å². The van der Waals surface area contributed by atoms with Crippen molar-refractivity contribution in [1.29, 1.82) is 0 Å². The maximum absolute atomic E-state index is 11.8. The Bertz CT molecular complexity index is 421. The largest absolute Gasteiger partial charge is 0.396 e. The number of carbonyl (C=O) groups is 1. The summed E-state index contributed by atoms with van der Waals surface area (Å²) in [5.41, 5.74) is 6.37. The van der Waals surface area contributed by atoms with Gasteiger partial charge in [0.05, 0.1) is 15.7 Å². The molecule has 0 saturated heterocycles. The van der Waals surface area contributed by atoms with Crippen molar-refractivity contribution >= 4 is 34.8 Å². The van der Waals surface area contributed by atoms with Crippen molar-refractivity contribution in [3.8, 4) is 0 Å². The van der Waals surface area contributed by atoms with Crippen LogP contribution in [0.2, 0.25) is 10.0 Å². The fourth-order valence-electron chi connectivity index (χ4n) is 1.75. The van der Waals surface area contributed by atoms with Crippen molar-refractivity contribution < 1.29 is 4.79 Å². The maximum Gasteiger partial charge on any atom is 0.251 e. The van der Waals surface area contributed by atoms with E-state index in [2.05, 4.69) is 5.32 Å². The second kappa shape index (κ2) is 5.15. The maximum atomic E-state index is 11.8. The van der Waals surface area contributed by atoms with Gasteiger partial charge in [-0.15, -0.1) is 0 Å². The summed E-state index contributed by atoms with van der Waals surface area (Å²) in [6.45, 7) is 0.721. The van der Waals surface area contributed by atoms with Crippen LogP contribution in [0.4, 0.5) is 5.69 Å². The predicted molar refractivity (Wildman–Crippen MR) is 70.5 cm³/mol. The molecular weight excluding hydrogens is 259 g/mol. The number of benzene rings is 1. The van der Waals surface area contributed by atoms with E-state index in [9.17, 15) is 4.79 Å². The minimum absolute atomic E-state index is 0.152. The molecule has 5 heteroatoms. The van der Waals surface area contributed by atoms with Gasteiger partial charge >= 0.3 is 0 Å². The quantitative estimate of drug-likeness (QED) is 0.831. The zero-order valence-electron chi connectivity index (χ0n) is 9.30. The summed E-state index contributed by atoms with van der Waals surface area (Å²) in [5.74, 6) is 0.472. The number of halogens is 2. The Morgan fingerprint density at radius 1 is 1.35 bits per heavy atom. The first kappa shape index (κ1) is 12.5. The van der Waals surface area contributed by atoms with Crippen molar-refractivity contribution in [2.45, 2.75) is 19.3 Å². The number of hydrogen-bond donors (Lipinski definition) is 2. The van der Waals surface area contributed by atoms with Crippen molar-refractivity contribution in [3.63, 3.8) is 0 Å². The van der Waals surface area contributed by atoms with E-state index in [1.54, 1.807) is 12.1 Å². The van der Waals surface area contributed by atoms with Crippen LogP contribution < -0.4 is 11.1 Å². The molecular formula is C12H14Cl2N2O. The molecule has 0 atom stereocenters. The molecule has 0 radical (unpaired) electrons. The lowest BCUT2D eigenvalue weighted by atomic mass is 9.85. The Kier molecular flexibility index (Phi) is 3.79. The Morgan fingerprint density at radius 3 is 2.41 bits per heavy atom. The fraction of sp³-hybridized carbons (Fsp3) is 0.417. The number of nitrogen functional groups attached to an aromatic ring is 1. The number of hydrogen-bond acceptors (Lipinski definition) is 2. The molecule has 0 bridgehead atoms. The van der Waals surface area contributed by atoms with E-state index in [4.69, 9.17) is 28.9 Å². The van der Waals surface area contributed by atoms with Gasteiger partial charge in [0.1, 0.15) is 0 Å². The zero-order chi connectivity index (χ0) is 12.4. The number of amides is 1. The van der Waals surface area contributed by atoms with Gasteiger partial charge in [-0.3, -0.25) is 4.79 Å². The average Bonchev–Trinajstić information content (AvgIpc) is 2.22. The van der Waals surface area contributed by atoms with Crippen molar-refractivity contribution in [3.05, 3.63) is 27.7 Å². The monoisotopic (exact) mass is 272 g/mol. The molecule has 0 unspecified atom stereocenters. The molecule has 1 aromatic carbocycles. The molecule has 1 aromatic rings. The van der Waals surface area contributed by atoms with E-state index < -0.39 is 0 Å². The molecule has 92 valence electrons. The summed E-state index contributed by atoms with van der Waals surface area (Å²) in [4.78, 5) is 11.8. The summed E-state index contributed by atoms with van der Waals surface area (Å²) in [6.07, 6.45) is 3.66. The smallest absolute Gasteiger partial charge is 0.251 e. The molecule has 1 aliphatic carbocycles. The van der Waals surface area contributed by atoms with Gasteiger partial charge in [0.2, 0.25) is 0 Å². The highest BCUT2D eigenvalue weighted by Crippen LogP contribution is 2.29. The van der Waals surface area contributed by atoms with E-state index in [0.29, 0.717) is 27.2 Å². The fourth-order valence-corrected chi connectivity index (χ4v) is 2.24. The molecule has 1 amide bonds. The van der Waals surface area contributed by atoms with Crippen LogP contribution >= 0.6 is 23.2 Å². The molecule has 0 aliphatic heterocycles. The second-order valence-electron chi connectivity index (χ2n) is 4.36. The summed E-state index contributed by atoms with van der Waals surface area (Å²) < 4.78 is 0. The zero-order valence-corrected chi connectivity index (χ0v) is 10.8. The minimum Gasteiger partial charge on any atom is -0.396 e. The molecule has 2 rings (SSSR count). The standard InChI is InChI=1S/C12H14Cl2N2O/c13-9-4-8(5-10(14)11(9)15)12(17)16-6-7-2-1-3-7/h4-5,7H,1-3,6,15H2,(H,16,17).